The molecule has 0 fully saturated rings. The molecule has 0 spiro atoms. The van der Waals surface area contributed by atoms with E-state index in [1.165, 1.54) is 0 Å². The van der Waals surface area contributed by atoms with Crippen LogP contribution < -0.4 is 0 Å². The third-order valence-corrected chi connectivity index (χ3v) is 1.67. The molecule has 1 aromatic rings. The van der Waals surface area contributed by atoms with E-state index in [0.29, 0.717) is 6.92 Å². The Labute approximate surface area is 73.8 Å². The fraction of sp³-hybridized carbons (Fsp3) is 0.333. The van der Waals surface area contributed by atoms with Crippen LogP contribution in [-0.2, 0) is 0 Å². The van der Waals surface area contributed by atoms with Gasteiger partial charge in [-0.3, -0.25) is 0 Å². The zero-order valence-electron chi connectivity index (χ0n) is 6.97. The van der Waals surface area contributed by atoms with Crippen LogP contribution >= 0.6 is 0 Å². The summed E-state index contributed by atoms with van der Waals surface area (Å²) in [5.74, 6) is -3.73. The fourth-order valence-electron chi connectivity index (χ4n) is 0.938. The molecule has 0 saturated carbocycles. The highest BCUT2D eigenvalue weighted by Crippen LogP contribution is 2.30. The minimum absolute atomic E-state index is 0.00824. The van der Waals surface area contributed by atoms with Gasteiger partial charge >= 0.3 is 0 Å². The Bertz CT molecular complexity index is 276. The third-order valence-electron chi connectivity index (χ3n) is 1.67. The van der Waals surface area contributed by atoms with Crippen molar-refractivity contribution in [2.45, 2.75) is 19.0 Å². The minimum Gasteiger partial charge on any atom is -0.382 e. The molecule has 0 amide bonds. The summed E-state index contributed by atoms with van der Waals surface area (Å²) < 4.78 is 37.5. The molecule has 4 heteroatoms. The van der Waals surface area contributed by atoms with E-state index in [9.17, 15) is 13.2 Å². The van der Waals surface area contributed by atoms with Crippen LogP contribution in [-0.4, -0.2) is 11.0 Å². The van der Waals surface area contributed by atoms with Gasteiger partial charge < -0.3 is 5.11 Å². The number of benzene rings is 1. The molecule has 0 aliphatic rings. The molecular formula is C9H9F3O. The van der Waals surface area contributed by atoms with E-state index in [2.05, 4.69) is 0 Å². The lowest BCUT2D eigenvalue weighted by Crippen LogP contribution is -2.21. The Hall–Kier alpha value is -1.03. The quantitative estimate of drug-likeness (QED) is 0.759. The van der Waals surface area contributed by atoms with Crippen molar-refractivity contribution in [2.24, 2.45) is 0 Å². The smallest absolute Gasteiger partial charge is 0.274 e. The molecule has 1 unspecified atom stereocenters. The zero-order valence-corrected chi connectivity index (χ0v) is 6.97. The van der Waals surface area contributed by atoms with E-state index in [0.717, 1.165) is 24.3 Å². The Morgan fingerprint density at radius 2 is 1.69 bits per heavy atom. The highest BCUT2D eigenvalue weighted by Gasteiger charge is 2.33. The largest absolute Gasteiger partial charge is 0.382 e. The van der Waals surface area contributed by atoms with Gasteiger partial charge in [-0.2, -0.15) is 0 Å². The third kappa shape index (κ3) is 2.45. The van der Waals surface area contributed by atoms with Crippen molar-refractivity contribution in [2.75, 3.05) is 0 Å². The van der Waals surface area contributed by atoms with Gasteiger partial charge in [0.25, 0.3) is 5.92 Å². The Kier molecular flexibility index (Phi) is 2.61. The van der Waals surface area contributed by atoms with Crippen LogP contribution in [0.5, 0.6) is 0 Å². The molecule has 1 aromatic carbocycles. The number of rotatable bonds is 2. The van der Waals surface area contributed by atoms with Gasteiger partial charge in [-0.15, -0.1) is 0 Å². The van der Waals surface area contributed by atoms with E-state index in [1.807, 2.05) is 0 Å². The molecule has 0 radical (unpaired) electrons. The zero-order chi connectivity index (χ0) is 10.1. The second kappa shape index (κ2) is 3.38. The van der Waals surface area contributed by atoms with Crippen LogP contribution in [0.2, 0.25) is 0 Å². The van der Waals surface area contributed by atoms with E-state index < -0.39 is 17.8 Å². The van der Waals surface area contributed by atoms with E-state index in [4.69, 9.17) is 5.11 Å². The van der Waals surface area contributed by atoms with Gasteiger partial charge in [0, 0.05) is 6.92 Å². The van der Waals surface area contributed by atoms with Crippen molar-refractivity contribution >= 4 is 0 Å². The van der Waals surface area contributed by atoms with Gasteiger partial charge in [0.1, 0.15) is 11.9 Å². The van der Waals surface area contributed by atoms with Crippen LogP contribution in [0.25, 0.3) is 0 Å². The second-order valence-corrected chi connectivity index (χ2v) is 2.91. The summed E-state index contributed by atoms with van der Waals surface area (Å²) in [4.78, 5) is 0. The van der Waals surface area contributed by atoms with Crippen molar-refractivity contribution in [1.82, 2.24) is 0 Å². The maximum atomic E-state index is 12.6. The molecule has 0 heterocycles. The van der Waals surface area contributed by atoms with Crippen LogP contribution in [0.15, 0.2) is 24.3 Å². The fourth-order valence-corrected chi connectivity index (χ4v) is 0.938. The first-order chi connectivity index (χ1) is 5.91. The first kappa shape index (κ1) is 10.1. The van der Waals surface area contributed by atoms with Crippen LogP contribution in [0, 0.1) is 5.82 Å². The van der Waals surface area contributed by atoms with Crippen molar-refractivity contribution in [3.63, 3.8) is 0 Å². The Morgan fingerprint density at radius 1 is 1.23 bits per heavy atom. The molecule has 0 aliphatic carbocycles. The first-order valence-corrected chi connectivity index (χ1v) is 3.72. The van der Waals surface area contributed by atoms with E-state index in [-0.39, 0.29) is 5.56 Å². The predicted octanol–water partition coefficient (Wildman–Crippen LogP) is 2.51. The topological polar surface area (TPSA) is 20.2 Å². The highest BCUT2D eigenvalue weighted by atomic mass is 19.3. The second-order valence-electron chi connectivity index (χ2n) is 2.91. The molecule has 0 aliphatic heterocycles. The average molecular weight is 190 g/mol. The molecule has 72 valence electrons. The van der Waals surface area contributed by atoms with Crippen LogP contribution in [0.3, 0.4) is 0 Å². The van der Waals surface area contributed by atoms with Gasteiger partial charge in [0.15, 0.2) is 0 Å². The molecule has 1 rings (SSSR count). The van der Waals surface area contributed by atoms with Crippen molar-refractivity contribution in [1.29, 1.82) is 0 Å². The normalized spacial score (nSPS) is 14.2. The Balaban J connectivity index is 2.90. The lowest BCUT2D eigenvalue weighted by molar-refractivity contribution is -0.0954. The number of hydrogen-bond acceptors (Lipinski definition) is 1. The average Bonchev–Trinajstić information content (AvgIpc) is 2.03. The lowest BCUT2D eigenvalue weighted by Gasteiger charge is -2.17. The predicted molar refractivity (Wildman–Crippen MR) is 42.0 cm³/mol. The van der Waals surface area contributed by atoms with Crippen molar-refractivity contribution in [3.8, 4) is 0 Å². The van der Waals surface area contributed by atoms with Gasteiger partial charge in [-0.05, 0) is 17.7 Å². The molecule has 1 atom stereocenters. The lowest BCUT2D eigenvalue weighted by atomic mass is 10.1. The summed E-state index contributed by atoms with van der Waals surface area (Å²) in [5.41, 5.74) is 0.00824. The van der Waals surface area contributed by atoms with Gasteiger partial charge in [0.05, 0.1) is 0 Å². The van der Waals surface area contributed by atoms with Gasteiger partial charge in [-0.1, -0.05) is 12.1 Å². The van der Waals surface area contributed by atoms with Crippen LogP contribution in [0.1, 0.15) is 18.6 Å². The highest BCUT2D eigenvalue weighted by molar-refractivity contribution is 5.19. The number of hydrogen-bond donors (Lipinski definition) is 1. The summed E-state index contributed by atoms with van der Waals surface area (Å²) in [5, 5.41) is 9.08. The molecule has 0 aromatic heterocycles. The van der Waals surface area contributed by atoms with Crippen molar-refractivity contribution < 1.29 is 18.3 Å². The number of aliphatic hydroxyl groups excluding tert-OH is 1. The molecule has 0 saturated heterocycles. The van der Waals surface area contributed by atoms with E-state index >= 15 is 0 Å². The summed E-state index contributed by atoms with van der Waals surface area (Å²) in [6, 6.07) is 4.34. The number of alkyl halides is 2. The molecular weight excluding hydrogens is 181 g/mol. The number of aliphatic hydroxyl groups is 1. The molecule has 13 heavy (non-hydrogen) atoms. The first-order valence-electron chi connectivity index (χ1n) is 3.72. The van der Waals surface area contributed by atoms with E-state index in [1.54, 1.807) is 0 Å². The Morgan fingerprint density at radius 3 is 2.08 bits per heavy atom. The summed E-state index contributed by atoms with van der Waals surface area (Å²) in [6.45, 7) is 0.612. The van der Waals surface area contributed by atoms with Crippen LogP contribution in [0.4, 0.5) is 13.2 Å². The summed E-state index contributed by atoms with van der Waals surface area (Å²) in [7, 11) is 0. The molecule has 1 N–H and O–H groups in total. The molecule has 0 bridgehead atoms. The monoisotopic (exact) mass is 190 g/mol. The van der Waals surface area contributed by atoms with Gasteiger partial charge in [-0.25, -0.2) is 13.2 Å². The molecule has 1 nitrogen and oxygen atoms in total. The summed E-state index contributed by atoms with van der Waals surface area (Å²) in [6.07, 6.45) is -1.88. The minimum atomic E-state index is -3.21. The summed E-state index contributed by atoms with van der Waals surface area (Å²) >= 11 is 0. The standard InChI is InChI=1S/C9H9F3O/c1-9(11,12)8(13)6-2-4-7(10)5-3-6/h2-5,8,13H,1H3. The number of halogens is 3. The maximum absolute atomic E-state index is 12.6. The SMILES string of the molecule is CC(F)(F)C(O)c1ccc(F)cc1. The van der Waals surface area contributed by atoms with Crippen molar-refractivity contribution in [3.05, 3.63) is 35.6 Å². The maximum Gasteiger partial charge on any atom is 0.274 e. The van der Waals surface area contributed by atoms with Gasteiger partial charge in [0.2, 0.25) is 0 Å².